The first-order valence-electron chi connectivity index (χ1n) is 5.07. The minimum atomic E-state index is 0.0350. The average Bonchev–Trinajstić information content (AvgIpc) is 2.59. The van der Waals surface area contributed by atoms with Crippen LogP contribution in [0.25, 0.3) is 0 Å². The molecule has 1 fully saturated rings. The van der Waals surface area contributed by atoms with Crippen LogP contribution in [0.2, 0.25) is 0 Å². The van der Waals surface area contributed by atoms with Crippen molar-refractivity contribution in [3.8, 4) is 0 Å². The molecule has 1 aromatic heterocycles. The van der Waals surface area contributed by atoms with Crippen LogP contribution in [0.5, 0.6) is 0 Å². The molecule has 0 saturated carbocycles. The SMILES string of the molecule is Cc1cc(NC2(C)CCOC2)ncc1Br. The van der Waals surface area contributed by atoms with E-state index in [4.69, 9.17) is 4.74 Å². The molecule has 1 aliphatic rings. The number of nitrogens with zero attached hydrogens (tertiary/aromatic N) is 1. The molecule has 82 valence electrons. The highest BCUT2D eigenvalue weighted by atomic mass is 79.9. The molecule has 1 unspecified atom stereocenters. The number of hydrogen-bond donors (Lipinski definition) is 1. The molecule has 0 bridgehead atoms. The van der Waals surface area contributed by atoms with Crippen molar-refractivity contribution in [3.63, 3.8) is 0 Å². The van der Waals surface area contributed by atoms with Crippen molar-refractivity contribution >= 4 is 21.7 Å². The van der Waals surface area contributed by atoms with E-state index in [9.17, 15) is 0 Å². The molecule has 2 heterocycles. The van der Waals surface area contributed by atoms with Gasteiger partial charge in [0.2, 0.25) is 0 Å². The number of ether oxygens (including phenoxy) is 1. The van der Waals surface area contributed by atoms with Gasteiger partial charge >= 0.3 is 0 Å². The third kappa shape index (κ3) is 2.49. The summed E-state index contributed by atoms with van der Waals surface area (Å²) in [5, 5.41) is 3.43. The Balaban J connectivity index is 2.13. The van der Waals surface area contributed by atoms with Crippen LogP contribution in [0.4, 0.5) is 5.82 Å². The van der Waals surface area contributed by atoms with Gasteiger partial charge < -0.3 is 10.1 Å². The summed E-state index contributed by atoms with van der Waals surface area (Å²) in [6.07, 6.45) is 2.86. The molecule has 0 radical (unpaired) electrons. The predicted octanol–water partition coefficient (Wildman–Crippen LogP) is 2.74. The monoisotopic (exact) mass is 270 g/mol. The van der Waals surface area contributed by atoms with Gasteiger partial charge in [0.05, 0.1) is 12.1 Å². The summed E-state index contributed by atoms with van der Waals surface area (Å²) in [6.45, 7) is 5.81. The number of halogens is 1. The Morgan fingerprint density at radius 2 is 2.40 bits per heavy atom. The molecule has 1 aliphatic heterocycles. The van der Waals surface area contributed by atoms with Gasteiger partial charge in [0, 0.05) is 17.3 Å². The molecule has 4 heteroatoms. The van der Waals surface area contributed by atoms with E-state index < -0.39 is 0 Å². The molecular formula is C11H15BrN2O. The molecule has 0 aromatic carbocycles. The lowest BCUT2D eigenvalue weighted by molar-refractivity contribution is 0.185. The van der Waals surface area contributed by atoms with Crippen LogP contribution < -0.4 is 5.32 Å². The third-order valence-corrected chi connectivity index (χ3v) is 3.53. The van der Waals surface area contributed by atoms with E-state index in [1.165, 1.54) is 5.56 Å². The highest BCUT2D eigenvalue weighted by Crippen LogP contribution is 2.24. The Hall–Kier alpha value is -0.610. The van der Waals surface area contributed by atoms with Crippen LogP contribution in [0.1, 0.15) is 18.9 Å². The predicted molar refractivity (Wildman–Crippen MR) is 64.1 cm³/mol. The zero-order valence-corrected chi connectivity index (χ0v) is 10.6. The Bertz CT molecular complexity index is 362. The molecular weight excluding hydrogens is 256 g/mol. The normalized spacial score (nSPS) is 25.5. The summed E-state index contributed by atoms with van der Waals surface area (Å²) < 4.78 is 6.43. The van der Waals surface area contributed by atoms with Gasteiger partial charge in [-0.15, -0.1) is 0 Å². The first kappa shape index (κ1) is 10.9. The van der Waals surface area contributed by atoms with Gasteiger partial charge in [-0.3, -0.25) is 0 Å². The van der Waals surface area contributed by atoms with Crippen LogP contribution in [0.3, 0.4) is 0 Å². The van der Waals surface area contributed by atoms with Crippen molar-refractivity contribution in [2.45, 2.75) is 25.8 Å². The van der Waals surface area contributed by atoms with Crippen LogP contribution >= 0.6 is 15.9 Å². The van der Waals surface area contributed by atoms with Crippen molar-refractivity contribution in [2.75, 3.05) is 18.5 Å². The van der Waals surface area contributed by atoms with Gasteiger partial charge in [-0.25, -0.2) is 4.98 Å². The van der Waals surface area contributed by atoms with E-state index in [1.807, 2.05) is 12.3 Å². The largest absolute Gasteiger partial charge is 0.379 e. The number of pyridine rings is 1. The van der Waals surface area contributed by atoms with Crippen LogP contribution in [-0.2, 0) is 4.74 Å². The van der Waals surface area contributed by atoms with E-state index in [0.29, 0.717) is 0 Å². The minimum Gasteiger partial charge on any atom is -0.379 e. The van der Waals surface area contributed by atoms with Gasteiger partial charge in [-0.2, -0.15) is 0 Å². The number of aryl methyl sites for hydroxylation is 1. The van der Waals surface area contributed by atoms with Gasteiger partial charge in [0.25, 0.3) is 0 Å². The fourth-order valence-corrected chi connectivity index (χ4v) is 1.90. The fraction of sp³-hybridized carbons (Fsp3) is 0.545. The van der Waals surface area contributed by atoms with Gasteiger partial charge in [0.1, 0.15) is 5.82 Å². The molecule has 1 atom stereocenters. The Labute approximate surface area is 98.4 Å². The summed E-state index contributed by atoms with van der Waals surface area (Å²) in [5.41, 5.74) is 1.22. The first-order chi connectivity index (χ1) is 7.09. The van der Waals surface area contributed by atoms with Crippen molar-refractivity contribution in [3.05, 3.63) is 22.3 Å². The second kappa shape index (κ2) is 4.10. The second-order valence-corrected chi connectivity index (χ2v) is 5.16. The molecule has 2 rings (SSSR count). The molecule has 0 amide bonds. The van der Waals surface area contributed by atoms with Crippen LogP contribution in [0, 0.1) is 6.92 Å². The molecule has 0 spiro atoms. The lowest BCUT2D eigenvalue weighted by atomic mass is 10.0. The lowest BCUT2D eigenvalue weighted by Crippen LogP contribution is -2.35. The Morgan fingerprint density at radius 3 is 3.00 bits per heavy atom. The Morgan fingerprint density at radius 1 is 1.60 bits per heavy atom. The van der Waals surface area contributed by atoms with Crippen LogP contribution in [0.15, 0.2) is 16.7 Å². The van der Waals surface area contributed by atoms with Gasteiger partial charge in [0.15, 0.2) is 0 Å². The molecule has 3 nitrogen and oxygen atoms in total. The maximum atomic E-state index is 5.39. The van der Waals surface area contributed by atoms with E-state index in [1.54, 1.807) is 0 Å². The van der Waals surface area contributed by atoms with E-state index in [-0.39, 0.29) is 5.54 Å². The number of anilines is 1. The summed E-state index contributed by atoms with van der Waals surface area (Å²) in [6, 6.07) is 2.05. The zero-order valence-electron chi connectivity index (χ0n) is 9.01. The molecule has 0 aliphatic carbocycles. The summed E-state index contributed by atoms with van der Waals surface area (Å²) in [4.78, 5) is 4.33. The molecule has 15 heavy (non-hydrogen) atoms. The van der Waals surface area contributed by atoms with Crippen molar-refractivity contribution < 1.29 is 4.74 Å². The van der Waals surface area contributed by atoms with Crippen molar-refractivity contribution in [1.82, 2.24) is 4.98 Å². The minimum absolute atomic E-state index is 0.0350. The average molecular weight is 271 g/mol. The summed E-state index contributed by atoms with van der Waals surface area (Å²) in [7, 11) is 0. The summed E-state index contributed by atoms with van der Waals surface area (Å²) >= 11 is 3.44. The maximum absolute atomic E-state index is 5.39. The third-order valence-electron chi connectivity index (χ3n) is 2.70. The second-order valence-electron chi connectivity index (χ2n) is 4.31. The highest BCUT2D eigenvalue weighted by Gasteiger charge is 2.29. The summed E-state index contributed by atoms with van der Waals surface area (Å²) in [5.74, 6) is 0.920. The Kier molecular flexibility index (Phi) is 2.98. The zero-order chi connectivity index (χ0) is 10.9. The quantitative estimate of drug-likeness (QED) is 0.898. The van der Waals surface area contributed by atoms with E-state index >= 15 is 0 Å². The smallest absolute Gasteiger partial charge is 0.126 e. The highest BCUT2D eigenvalue weighted by molar-refractivity contribution is 9.10. The fourth-order valence-electron chi connectivity index (χ4n) is 1.68. The number of hydrogen-bond acceptors (Lipinski definition) is 3. The number of nitrogens with one attached hydrogen (secondary N) is 1. The van der Waals surface area contributed by atoms with E-state index in [2.05, 4.69) is 40.1 Å². The van der Waals surface area contributed by atoms with Crippen LogP contribution in [-0.4, -0.2) is 23.7 Å². The molecule has 1 saturated heterocycles. The first-order valence-corrected chi connectivity index (χ1v) is 5.86. The number of aromatic nitrogens is 1. The number of rotatable bonds is 2. The van der Waals surface area contributed by atoms with Gasteiger partial charge in [-0.05, 0) is 47.8 Å². The molecule has 1 aromatic rings. The standard InChI is InChI=1S/C11H15BrN2O/c1-8-5-10(13-6-9(8)12)14-11(2)3-4-15-7-11/h5-6H,3-4,7H2,1-2H3,(H,13,14). The molecule has 1 N–H and O–H groups in total. The topological polar surface area (TPSA) is 34.1 Å². The maximum Gasteiger partial charge on any atom is 0.126 e. The van der Waals surface area contributed by atoms with Crippen molar-refractivity contribution in [2.24, 2.45) is 0 Å². The van der Waals surface area contributed by atoms with Crippen molar-refractivity contribution in [1.29, 1.82) is 0 Å². The van der Waals surface area contributed by atoms with E-state index in [0.717, 1.165) is 29.9 Å². The van der Waals surface area contributed by atoms with Gasteiger partial charge in [-0.1, -0.05) is 0 Å². The lowest BCUT2D eigenvalue weighted by Gasteiger charge is -2.24.